The van der Waals surface area contributed by atoms with E-state index in [0.29, 0.717) is 24.0 Å². The molecule has 1 fully saturated rings. The highest BCUT2D eigenvalue weighted by atomic mass is 32.2. The van der Waals surface area contributed by atoms with E-state index in [4.69, 9.17) is 9.15 Å². The molecule has 0 saturated carbocycles. The van der Waals surface area contributed by atoms with Crippen LogP contribution in [0.15, 0.2) is 51.8 Å². The second-order valence-electron chi connectivity index (χ2n) is 7.61. The van der Waals surface area contributed by atoms with Gasteiger partial charge in [0.15, 0.2) is 0 Å². The molecular weight excluding hydrogens is 470 g/mol. The van der Waals surface area contributed by atoms with Crippen molar-refractivity contribution in [2.75, 3.05) is 25.0 Å². The molecule has 1 aliphatic rings. The van der Waals surface area contributed by atoms with Gasteiger partial charge in [0.25, 0.3) is 0 Å². The number of halogens is 2. The highest BCUT2D eigenvalue weighted by Gasteiger charge is 2.34. The average molecular weight is 493 g/mol. The first kappa shape index (κ1) is 23.8. The Kier molecular flexibility index (Phi) is 6.89. The van der Waals surface area contributed by atoms with E-state index in [1.54, 1.807) is 24.3 Å². The minimum Gasteiger partial charge on any atom is -0.494 e. The number of sulfonamides is 1. The number of carbonyl (C=O) groups is 1. The zero-order chi connectivity index (χ0) is 24.3. The quantitative estimate of drug-likeness (QED) is 0.537. The first-order valence-corrected chi connectivity index (χ1v) is 12.0. The lowest BCUT2D eigenvalue weighted by Crippen LogP contribution is -2.41. The topological polar surface area (TPSA) is 115 Å². The number of nitrogens with one attached hydrogen (secondary N) is 1. The minimum absolute atomic E-state index is 0.0162. The number of amides is 1. The van der Waals surface area contributed by atoms with Crippen molar-refractivity contribution in [3.05, 3.63) is 54.1 Å². The van der Waals surface area contributed by atoms with Crippen LogP contribution in [0.1, 0.15) is 19.8 Å². The van der Waals surface area contributed by atoms with Crippen LogP contribution in [0.4, 0.5) is 14.8 Å². The normalized spacial score (nSPS) is 15.3. The van der Waals surface area contributed by atoms with Crippen molar-refractivity contribution in [1.29, 1.82) is 0 Å². The Balaban J connectivity index is 1.36. The second-order valence-corrected chi connectivity index (χ2v) is 9.52. The molecule has 4 rings (SSSR count). The molecule has 2 aromatic carbocycles. The molecule has 1 amide bonds. The van der Waals surface area contributed by atoms with E-state index in [-0.39, 0.29) is 37.8 Å². The number of carbonyl (C=O) groups excluding carboxylic acids is 1. The summed E-state index contributed by atoms with van der Waals surface area (Å²) in [6.45, 7) is 2.39. The van der Waals surface area contributed by atoms with E-state index in [2.05, 4.69) is 15.5 Å². The van der Waals surface area contributed by atoms with Gasteiger partial charge in [0.1, 0.15) is 22.3 Å². The maximum Gasteiger partial charge on any atom is 0.322 e. The number of rotatable bonds is 7. The smallest absolute Gasteiger partial charge is 0.322 e. The van der Waals surface area contributed by atoms with Gasteiger partial charge in [-0.15, -0.1) is 5.10 Å². The van der Waals surface area contributed by atoms with Crippen molar-refractivity contribution in [2.45, 2.75) is 24.7 Å². The van der Waals surface area contributed by atoms with Crippen molar-refractivity contribution in [1.82, 2.24) is 14.5 Å². The van der Waals surface area contributed by atoms with Crippen molar-refractivity contribution in [3.8, 4) is 17.2 Å². The zero-order valence-corrected chi connectivity index (χ0v) is 19.0. The third-order valence-corrected chi connectivity index (χ3v) is 7.32. The average Bonchev–Trinajstić information content (AvgIpc) is 3.29. The molecule has 0 spiro atoms. The predicted octanol–water partition coefficient (Wildman–Crippen LogP) is 3.45. The Labute approximate surface area is 194 Å². The number of ether oxygens (including phenoxy) is 1. The molecule has 0 unspecified atom stereocenters. The summed E-state index contributed by atoms with van der Waals surface area (Å²) in [5.74, 6) is -1.86. The maximum atomic E-state index is 14.0. The molecule has 0 bridgehead atoms. The van der Waals surface area contributed by atoms with Crippen molar-refractivity contribution < 1.29 is 31.1 Å². The van der Waals surface area contributed by atoms with Gasteiger partial charge >= 0.3 is 6.01 Å². The van der Waals surface area contributed by atoms with Gasteiger partial charge < -0.3 is 9.15 Å². The summed E-state index contributed by atoms with van der Waals surface area (Å²) in [5.41, 5.74) is 0.652. The first-order chi connectivity index (χ1) is 16.3. The van der Waals surface area contributed by atoms with E-state index < -0.39 is 38.4 Å². The number of hydrogen-bond donors (Lipinski definition) is 1. The van der Waals surface area contributed by atoms with E-state index in [9.17, 15) is 22.0 Å². The third kappa shape index (κ3) is 5.07. The molecule has 0 atom stereocenters. The summed E-state index contributed by atoms with van der Waals surface area (Å²) in [5, 5.41) is 10.3. The summed E-state index contributed by atoms with van der Waals surface area (Å²) in [6, 6.07) is 9.23. The molecule has 1 aromatic heterocycles. The maximum absolute atomic E-state index is 14.0. The Morgan fingerprint density at radius 3 is 2.53 bits per heavy atom. The van der Waals surface area contributed by atoms with Gasteiger partial charge in [-0.3, -0.25) is 10.1 Å². The van der Waals surface area contributed by atoms with E-state index >= 15 is 0 Å². The fourth-order valence-corrected chi connectivity index (χ4v) is 5.18. The number of benzene rings is 2. The van der Waals surface area contributed by atoms with Gasteiger partial charge in [-0.05, 0) is 62.2 Å². The Morgan fingerprint density at radius 2 is 1.85 bits per heavy atom. The van der Waals surface area contributed by atoms with Crippen LogP contribution >= 0.6 is 0 Å². The van der Waals surface area contributed by atoms with Gasteiger partial charge in [-0.25, -0.2) is 17.2 Å². The molecule has 1 N–H and O–H groups in total. The fourth-order valence-electron chi connectivity index (χ4n) is 3.63. The molecule has 1 saturated heterocycles. The van der Waals surface area contributed by atoms with Crippen LogP contribution in [0.3, 0.4) is 0 Å². The zero-order valence-electron chi connectivity index (χ0n) is 18.2. The lowest BCUT2D eigenvalue weighted by molar-refractivity contribution is -0.121. The summed E-state index contributed by atoms with van der Waals surface area (Å²) >= 11 is 0. The second kappa shape index (κ2) is 9.85. The van der Waals surface area contributed by atoms with Crippen LogP contribution in [0.2, 0.25) is 0 Å². The van der Waals surface area contributed by atoms with Crippen LogP contribution in [0.25, 0.3) is 11.5 Å². The molecule has 34 heavy (non-hydrogen) atoms. The van der Waals surface area contributed by atoms with Gasteiger partial charge in [0.05, 0.1) is 6.61 Å². The number of hydrogen-bond acceptors (Lipinski definition) is 7. The van der Waals surface area contributed by atoms with Crippen molar-refractivity contribution in [3.63, 3.8) is 0 Å². The van der Waals surface area contributed by atoms with E-state index in [1.165, 1.54) is 0 Å². The Hall–Kier alpha value is -3.38. The molecule has 9 nitrogen and oxygen atoms in total. The van der Waals surface area contributed by atoms with Gasteiger partial charge in [0, 0.05) is 24.6 Å². The summed E-state index contributed by atoms with van der Waals surface area (Å²) in [7, 11) is -4.22. The van der Waals surface area contributed by atoms with E-state index in [0.717, 1.165) is 16.4 Å². The van der Waals surface area contributed by atoms with Crippen LogP contribution in [0.5, 0.6) is 5.75 Å². The van der Waals surface area contributed by atoms with Crippen molar-refractivity contribution in [2.24, 2.45) is 5.92 Å². The highest BCUT2D eigenvalue weighted by Crippen LogP contribution is 2.27. The molecule has 0 aliphatic carbocycles. The highest BCUT2D eigenvalue weighted by molar-refractivity contribution is 7.89. The molecule has 180 valence electrons. The molecular formula is C22H22F2N4O5S. The monoisotopic (exact) mass is 492 g/mol. The largest absolute Gasteiger partial charge is 0.494 e. The SMILES string of the molecule is CCOc1ccc(-c2nnc(NC(=O)C3CCN(S(=O)(=O)c4cc(F)ccc4F)CC3)o2)cc1. The minimum atomic E-state index is -4.22. The summed E-state index contributed by atoms with van der Waals surface area (Å²) < 4.78 is 64.8. The van der Waals surface area contributed by atoms with E-state index in [1.807, 2.05) is 6.92 Å². The van der Waals surface area contributed by atoms with Crippen LogP contribution in [-0.4, -0.2) is 48.5 Å². The van der Waals surface area contributed by atoms with Crippen LogP contribution < -0.4 is 10.1 Å². The van der Waals surface area contributed by atoms with Gasteiger partial charge in [-0.2, -0.15) is 4.31 Å². The summed E-state index contributed by atoms with van der Waals surface area (Å²) in [4.78, 5) is 11.9. The summed E-state index contributed by atoms with van der Waals surface area (Å²) in [6.07, 6.45) is 0.393. The van der Waals surface area contributed by atoms with Gasteiger partial charge in [-0.1, -0.05) is 5.10 Å². The van der Waals surface area contributed by atoms with Crippen molar-refractivity contribution >= 4 is 21.9 Å². The van der Waals surface area contributed by atoms with Crippen LogP contribution in [0, 0.1) is 17.6 Å². The molecule has 2 heterocycles. The standard InChI is InChI=1S/C22H22F2N4O5S/c1-2-32-17-6-3-15(4-7-17)21-26-27-22(33-21)25-20(29)14-9-11-28(12-10-14)34(30,31)19-13-16(23)5-8-18(19)24/h3-8,13-14H,2,9-12H2,1H3,(H,25,27,29). The lowest BCUT2D eigenvalue weighted by Gasteiger charge is -2.30. The van der Waals surface area contributed by atoms with Crippen LogP contribution in [-0.2, 0) is 14.8 Å². The molecule has 1 aliphatic heterocycles. The molecule has 12 heteroatoms. The fraction of sp³-hybridized carbons (Fsp3) is 0.318. The lowest BCUT2D eigenvalue weighted by atomic mass is 9.97. The Morgan fingerprint density at radius 1 is 1.15 bits per heavy atom. The predicted molar refractivity (Wildman–Crippen MR) is 117 cm³/mol. The molecule has 3 aromatic rings. The molecule has 0 radical (unpaired) electrons. The number of anilines is 1. The third-order valence-electron chi connectivity index (χ3n) is 5.40. The Bertz CT molecular complexity index is 1270. The first-order valence-electron chi connectivity index (χ1n) is 10.6. The number of nitrogens with zero attached hydrogens (tertiary/aromatic N) is 3. The number of aromatic nitrogens is 2. The van der Waals surface area contributed by atoms with Gasteiger partial charge in [0.2, 0.25) is 21.8 Å². The number of piperidine rings is 1.